The molecule has 2 heterocycles. The maximum Gasteiger partial charge on any atom is 0.240 e. The highest BCUT2D eigenvalue weighted by Crippen LogP contribution is 2.31. The van der Waals surface area contributed by atoms with Gasteiger partial charge in [-0.05, 0) is 75.8 Å². The molecule has 0 bridgehead atoms. The summed E-state index contributed by atoms with van der Waals surface area (Å²) in [4.78, 5) is 4.56. The Morgan fingerprint density at radius 3 is 2.62 bits per heavy atom. The molecule has 7 nitrogen and oxygen atoms in total. The Hall–Kier alpha value is -2.13. The number of hydrogen-bond acceptors (Lipinski definition) is 5. The number of nitrogens with one attached hydrogen (secondary N) is 1. The van der Waals surface area contributed by atoms with Crippen molar-refractivity contribution in [1.29, 1.82) is 0 Å². The molecule has 1 aromatic heterocycles. The second-order valence-corrected chi connectivity index (χ2v) is 10.7. The van der Waals surface area contributed by atoms with Gasteiger partial charge in [0.2, 0.25) is 10.0 Å². The number of benzene rings is 2. The average molecular weight is 476 g/mol. The van der Waals surface area contributed by atoms with Crippen LogP contribution in [-0.4, -0.2) is 63.4 Å². The summed E-state index contributed by atoms with van der Waals surface area (Å²) >= 11 is 6.16. The third kappa shape index (κ3) is 5.26. The molecule has 0 spiro atoms. The van der Waals surface area contributed by atoms with Crippen LogP contribution in [0.2, 0.25) is 5.02 Å². The standard InChI is InChI=1S/C23H30ClN5O2S/c1-27(2)12-6-11-25-32(30,31)20-9-10-22-21(16-20)23(28-13-3-4-14-28)26-29(22)17-18-7-5-8-19(24)15-18/h5,7-10,15-16,25H,3-4,6,11-14,17H2,1-2H3. The summed E-state index contributed by atoms with van der Waals surface area (Å²) < 4.78 is 30.5. The highest BCUT2D eigenvalue weighted by Gasteiger charge is 2.22. The molecule has 9 heteroatoms. The van der Waals surface area contributed by atoms with Gasteiger partial charge in [0.05, 0.1) is 17.0 Å². The minimum absolute atomic E-state index is 0.276. The van der Waals surface area contributed by atoms with Crippen LogP contribution >= 0.6 is 11.6 Å². The van der Waals surface area contributed by atoms with Crippen LogP contribution in [0.3, 0.4) is 0 Å². The molecule has 1 aliphatic rings. The minimum Gasteiger partial charge on any atom is -0.355 e. The van der Waals surface area contributed by atoms with Crippen LogP contribution in [0.4, 0.5) is 5.82 Å². The van der Waals surface area contributed by atoms with Crippen LogP contribution in [-0.2, 0) is 16.6 Å². The molecule has 32 heavy (non-hydrogen) atoms. The number of hydrogen-bond donors (Lipinski definition) is 1. The van der Waals surface area contributed by atoms with E-state index < -0.39 is 10.0 Å². The largest absolute Gasteiger partial charge is 0.355 e. The van der Waals surface area contributed by atoms with E-state index in [4.69, 9.17) is 16.7 Å². The van der Waals surface area contributed by atoms with Crippen LogP contribution < -0.4 is 9.62 Å². The zero-order chi connectivity index (χ0) is 22.7. The average Bonchev–Trinajstić information content (AvgIpc) is 3.39. The molecule has 0 saturated carbocycles. The van der Waals surface area contributed by atoms with Gasteiger partial charge < -0.3 is 9.80 Å². The van der Waals surface area contributed by atoms with E-state index in [0.29, 0.717) is 18.1 Å². The van der Waals surface area contributed by atoms with Gasteiger partial charge in [0.25, 0.3) is 0 Å². The summed E-state index contributed by atoms with van der Waals surface area (Å²) in [5.41, 5.74) is 1.97. The highest BCUT2D eigenvalue weighted by atomic mass is 35.5. The van der Waals surface area contributed by atoms with Gasteiger partial charge in [0, 0.05) is 30.0 Å². The van der Waals surface area contributed by atoms with E-state index in [-0.39, 0.29) is 4.90 Å². The SMILES string of the molecule is CN(C)CCCNS(=O)(=O)c1ccc2c(c1)c(N1CCCC1)nn2Cc1cccc(Cl)c1. The molecular weight excluding hydrogens is 446 g/mol. The van der Waals surface area contributed by atoms with Crippen molar-refractivity contribution in [2.24, 2.45) is 0 Å². The summed E-state index contributed by atoms with van der Waals surface area (Å²) in [6.07, 6.45) is 2.99. The molecule has 3 aromatic rings. The number of aromatic nitrogens is 2. The topological polar surface area (TPSA) is 70.5 Å². The van der Waals surface area contributed by atoms with E-state index >= 15 is 0 Å². The molecule has 0 unspecified atom stereocenters. The fraction of sp³-hybridized carbons (Fsp3) is 0.435. The van der Waals surface area contributed by atoms with E-state index in [1.807, 2.05) is 54.0 Å². The molecular formula is C23H30ClN5O2S. The molecule has 1 fully saturated rings. The first kappa shape index (κ1) is 23.0. The Bertz CT molecular complexity index is 1190. The summed E-state index contributed by atoms with van der Waals surface area (Å²) in [6, 6.07) is 13.0. The lowest BCUT2D eigenvalue weighted by atomic mass is 10.2. The Morgan fingerprint density at radius 1 is 1.12 bits per heavy atom. The number of fused-ring (bicyclic) bond motifs is 1. The van der Waals surface area contributed by atoms with Crippen molar-refractivity contribution in [2.45, 2.75) is 30.7 Å². The van der Waals surface area contributed by atoms with E-state index in [2.05, 4.69) is 9.62 Å². The van der Waals surface area contributed by atoms with E-state index in [0.717, 1.165) is 61.2 Å². The van der Waals surface area contributed by atoms with Crippen molar-refractivity contribution >= 4 is 38.3 Å². The maximum absolute atomic E-state index is 12.9. The van der Waals surface area contributed by atoms with E-state index in [1.165, 1.54) is 0 Å². The number of anilines is 1. The van der Waals surface area contributed by atoms with E-state index in [9.17, 15) is 8.42 Å². The number of sulfonamides is 1. The van der Waals surface area contributed by atoms with Crippen molar-refractivity contribution in [2.75, 3.05) is 45.2 Å². The normalized spacial score (nSPS) is 14.7. The Labute approximate surface area is 195 Å². The van der Waals surface area contributed by atoms with Gasteiger partial charge >= 0.3 is 0 Å². The van der Waals surface area contributed by atoms with Crippen molar-refractivity contribution in [3.63, 3.8) is 0 Å². The lowest BCUT2D eigenvalue weighted by Crippen LogP contribution is -2.27. The van der Waals surface area contributed by atoms with Crippen molar-refractivity contribution < 1.29 is 8.42 Å². The Balaban J connectivity index is 1.67. The predicted molar refractivity (Wildman–Crippen MR) is 130 cm³/mol. The third-order valence-corrected chi connectivity index (χ3v) is 7.41. The summed E-state index contributed by atoms with van der Waals surface area (Å²) in [5, 5.41) is 6.45. The van der Waals surface area contributed by atoms with Crippen LogP contribution in [0.5, 0.6) is 0 Å². The lowest BCUT2D eigenvalue weighted by molar-refractivity contribution is 0.400. The smallest absolute Gasteiger partial charge is 0.240 e. The summed E-state index contributed by atoms with van der Waals surface area (Å²) in [5.74, 6) is 0.851. The highest BCUT2D eigenvalue weighted by molar-refractivity contribution is 7.89. The van der Waals surface area contributed by atoms with Gasteiger partial charge in [-0.3, -0.25) is 4.68 Å². The molecule has 4 rings (SSSR count). The molecule has 0 atom stereocenters. The molecule has 2 aromatic carbocycles. The zero-order valence-electron chi connectivity index (χ0n) is 18.6. The molecule has 0 amide bonds. The first-order valence-corrected chi connectivity index (χ1v) is 12.8. The fourth-order valence-electron chi connectivity index (χ4n) is 4.09. The Morgan fingerprint density at radius 2 is 1.91 bits per heavy atom. The molecule has 1 aliphatic heterocycles. The van der Waals surface area contributed by atoms with Crippen molar-refractivity contribution in [1.82, 2.24) is 19.4 Å². The molecule has 172 valence electrons. The number of nitrogens with zero attached hydrogens (tertiary/aromatic N) is 4. The lowest BCUT2D eigenvalue weighted by Gasteiger charge is -2.14. The van der Waals surface area contributed by atoms with Gasteiger partial charge in [-0.1, -0.05) is 23.7 Å². The summed E-state index contributed by atoms with van der Waals surface area (Å²) in [7, 11) is 0.364. The fourth-order valence-corrected chi connectivity index (χ4v) is 5.40. The van der Waals surface area contributed by atoms with Gasteiger partial charge in [-0.25, -0.2) is 13.1 Å². The number of halogens is 1. The molecule has 1 N–H and O–H groups in total. The third-order valence-electron chi connectivity index (χ3n) is 5.71. The number of rotatable bonds is 9. The van der Waals surface area contributed by atoms with Crippen molar-refractivity contribution in [3.8, 4) is 0 Å². The quantitative estimate of drug-likeness (QED) is 0.479. The van der Waals surface area contributed by atoms with Crippen LogP contribution in [0.1, 0.15) is 24.8 Å². The predicted octanol–water partition coefficient (Wildman–Crippen LogP) is 3.57. The second-order valence-electron chi connectivity index (χ2n) is 8.54. The van der Waals surface area contributed by atoms with Gasteiger partial charge in [0.1, 0.15) is 0 Å². The van der Waals surface area contributed by atoms with Gasteiger partial charge in [-0.15, -0.1) is 0 Å². The first-order valence-electron chi connectivity index (χ1n) is 11.0. The second kappa shape index (κ2) is 9.79. The maximum atomic E-state index is 12.9. The van der Waals surface area contributed by atoms with Crippen LogP contribution in [0.15, 0.2) is 47.4 Å². The monoisotopic (exact) mass is 475 g/mol. The van der Waals surface area contributed by atoms with E-state index in [1.54, 1.807) is 12.1 Å². The van der Waals surface area contributed by atoms with Crippen LogP contribution in [0.25, 0.3) is 10.9 Å². The summed E-state index contributed by atoms with van der Waals surface area (Å²) in [6.45, 7) is 3.67. The zero-order valence-corrected chi connectivity index (χ0v) is 20.2. The van der Waals surface area contributed by atoms with Crippen molar-refractivity contribution in [3.05, 3.63) is 53.1 Å². The molecule has 1 saturated heterocycles. The molecule has 0 radical (unpaired) electrons. The van der Waals surface area contributed by atoms with Gasteiger partial charge in [0.15, 0.2) is 5.82 Å². The van der Waals surface area contributed by atoms with Crippen LogP contribution in [0, 0.1) is 0 Å². The van der Waals surface area contributed by atoms with Gasteiger partial charge in [-0.2, -0.15) is 5.10 Å². The first-order chi connectivity index (χ1) is 15.3. The molecule has 0 aliphatic carbocycles. The Kier molecular flexibility index (Phi) is 7.05. The minimum atomic E-state index is -3.59.